The smallest absolute Gasteiger partial charge is 0.274 e. The fourth-order valence-corrected chi connectivity index (χ4v) is 3.80. The minimum Gasteiger partial charge on any atom is -0.331 e. The van der Waals surface area contributed by atoms with Gasteiger partial charge in [0.15, 0.2) is 0 Å². The summed E-state index contributed by atoms with van der Waals surface area (Å²) >= 11 is 0. The van der Waals surface area contributed by atoms with Crippen molar-refractivity contribution in [2.45, 2.75) is 13.0 Å². The summed E-state index contributed by atoms with van der Waals surface area (Å²) in [6.45, 7) is 4.29. The Bertz CT molecular complexity index is 1040. The lowest BCUT2D eigenvalue weighted by Crippen LogP contribution is -3.13. The Balaban J connectivity index is 1.42. The van der Waals surface area contributed by atoms with Crippen LogP contribution < -0.4 is 10.5 Å². The molecular weight excluding hydrogens is 354 g/mol. The van der Waals surface area contributed by atoms with Gasteiger partial charge in [-0.25, -0.2) is 4.68 Å². The second-order valence-electron chi connectivity index (χ2n) is 7.26. The molecule has 0 unspecified atom stereocenters. The monoisotopic (exact) mass is 378 g/mol. The number of pyridine rings is 1. The standard InChI is InChI=1S/C21H23N5O2/c1-24-21(28)18-5-3-2-4-17(18)19(23-24)14-20(27)26-12-10-25(11-13-26)15-16-6-8-22-9-7-16/h2-9H,10-15H2,1H3/p+1. The Morgan fingerprint density at radius 1 is 1.07 bits per heavy atom. The maximum Gasteiger partial charge on any atom is 0.274 e. The Hall–Kier alpha value is -3.06. The molecule has 0 radical (unpaired) electrons. The zero-order valence-corrected chi connectivity index (χ0v) is 16.0. The van der Waals surface area contributed by atoms with Crippen LogP contribution in [0.1, 0.15) is 11.3 Å². The minimum absolute atomic E-state index is 0.0688. The van der Waals surface area contributed by atoms with E-state index in [2.05, 4.69) is 10.1 Å². The van der Waals surface area contributed by atoms with E-state index in [0.29, 0.717) is 11.1 Å². The van der Waals surface area contributed by atoms with Crippen molar-refractivity contribution in [3.63, 3.8) is 0 Å². The third-order valence-electron chi connectivity index (χ3n) is 5.38. The number of quaternary nitrogens is 1. The summed E-state index contributed by atoms with van der Waals surface area (Å²) in [5.41, 5.74) is 1.79. The molecule has 0 bridgehead atoms. The van der Waals surface area contributed by atoms with E-state index >= 15 is 0 Å². The Kier molecular flexibility index (Phi) is 5.16. The maximum absolute atomic E-state index is 12.9. The first kappa shape index (κ1) is 18.3. The predicted molar refractivity (Wildman–Crippen MR) is 106 cm³/mol. The topological polar surface area (TPSA) is 72.5 Å². The van der Waals surface area contributed by atoms with Gasteiger partial charge in [-0.1, -0.05) is 18.2 Å². The van der Waals surface area contributed by atoms with Gasteiger partial charge in [0.2, 0.25) is 5.91 Å². The SMILES string of the molecule is Cn1nc(CC(=O)N2CC[NH+](Cc3ccncc3)CC2)c2ccccc2c1=O. The van der Waals surface area contributed by atoms with Crippen LogP contribution in [0.25, 0.3) is 10.8 Å². The molecule has 3 aromatic rings. The van der Waals surface area contributed by atoms with E-state index in [1.165, 1.54) is 15.1 Å². The second kappa shape index (κ2) is 7.90. The molecule has 1 saturated heterocycles. The van der Waals surface area contributed by atoms with E-state index in [1.54, 1.807) is 13.1 Å². The highest BCUT2D eigenvalue weighted by Crippen LogP contribution is 2.14. The largest absolute Gasteiger partial charge is 0.331 e. The third kappa shape index (κ3) is 3.80. The first-order valence-electron chi connectivity index (χ1n) is 9.57. The number of benzene rings is 1. The van der Waals surface area contributed by atoms with Crippen molar-refractivity contribution in [2.24, 2.45) is 7.05 Å². The minimum atomic E-state index is -0.139. The number of nitrogens with zero attached hydrogens (tertiary/aromatic N) is 4. The van der Waals surface area contributed by atoms with Gasteiger partial charge < -0.3 is 9.80 Å². The molecule has 4 rings (SSSR count). The number of piperazine rings is 1. The summed E-state index contributed by atoms with van der Waals surface area (Å²) in [6.07, 6.45) is 3.85. The summed E-state index contributed by atoms with van der Waals surface area (Å²) < 4.78 is 1.32. The molecule has 0 spiro atoms. The Morgan fingerprint density at radius 3 is 2.46 bits per heavy atom. The van der Waals surface area contributed by atoms with E-state index in [9.17, 15) is 9.59 Å². The maximum atomic E-state index is 12.9. The zero-order valence-electron chi connectivity index (χ0n) is 16.0. The van der Waals surface area contributed by atoms with Crippen LogP contribution in [-0.2, 0) is 24.8 Å². The molecular formula is C21H24N5O2+. The quantitative estimate of drug-likeness (QED) is 0.682. The third-order valence-corrected chi connectivity index (χ3v) is 5.38. The average molecular weight is 378 g/mol. The lowest BCUT2D eigenvalue weighted by Gasteiger charge is -2.32. The van der Waals surface area contributed by atoms with Gasteiger partial charge in [-0.3, -0.25) is 14.6 Å². The fraction of sp³-hybridized carbons (Fsp3) is 0.333. The van der Waals surface area contributed by atoms with Crippen molar-refractivity contribution in [1.29, 1.82) is 0 Å². The molecule has 1 aromatic carbocycles. The van der Waals surface area contributed by atoms with E-state index in [-0.39, 0.29) is 17.9 Å². The molecule has 28 heavy (non-hydrogen) atoms. The molecule has 2 aromatic heterocycles. The highest BCUT2D eigenvalue weighted by Gasteiger charge is 2.25. The molecule has 0 saturated carbocycles. The van der Waals surface area contributed by atoms with E-state index < -0.39 is 0 Å². The summed E-state index contributed by atoms with van der Waals surface area (Å²) in [5.74, 6) is 0.0688. The number of aryl methyl sites for hydroxylation is 1. The van der Waals surface area contributed by atoms with Gasteiger partial charge >= 0.3 is 0 Å². The Morgan fingerprint density at radius 2 is 1.75 bits per heavy atom. The molecule has 0 atom stereocenters. The lowest BCUT2D eigenvalue weighted by molar-refractivity contribution is -0.917. The van der Waals surface area contributed by atoms with Crippen LogP contribution in [0, 0.1) is 0 Å². The molecule has 1 amide bonds. The van der Waals surface area contributed by atoms with Crippen LogP contribution in [0.15, 0.2) is 53.6 Å². The molecule has 1 aliphatic heterocycles. The molecule has 1 fully saturated rings. The summed E-state index contributed by atoms with van der Waals surface area (Å²) in [7, 11) is 1.63. The number of nitrogens with one attached hydrogen (secondary N) is 1. The molecule has 7 heteroatoms. The Labute approximate surface area is 163 Å². The number of hydrogen-bond acceptors (Lipinski definition) is 4. The number of amides is 1. The van der Waals surface area contributed by atoms with E-state index in [4.69, 9.17) is 0 Å². The second-order valence-corrected chi connectivity index (χ2v) is 7.26. The number of rotatable bonds is 4. The van der Waals surface area contributed by atoms with Gasteiger partial charge in [-0.15, -0.1) is 0 Å². The predicted octanol–water partition coefficient (Wildman–Crippen LogP) is -0.202. The van der Waals surface area contributed by atoms with Crippen LogP contribution >= 0.6 is 0 Å². The highest BCUT2D eigenvalue weighted by atomic mass is 16.2. The number of fused-ring (bicyclic) bond motifs is 1. The number of carbonyl (C=O) groups is 1. The van der Waals surface area contributed by atoms with Crippen molar-refractivity contribution in [3.05, 3.63) is 70.4 Å². The van der Waals surface area contributed by atoms with E-state index in [0.717, 1.165) is 38.1 Å². The van der Waals surface area contributed by atoms with Gasteiger partial charge in [0, 0.05) is 30.4 Å². The van der Waals surface area contributed by atoms with Crippen molar-refractivity contribution >= 4 is 16.7 Å². The van der Waals surface area contributed by atoms with Crippen LogP contribution in [0.3, 0.4) is 0 Å². The van der Waals surface area contributed by atoms with Gasteiger partial charge in [0.25, 0.3) is 5.56 Å². The van der Waals surface area contributed by atoms with Gasteiger partial charge in [-0.05, 0) is 18.2 Å². The molecule has 1 aliphatic rings. The van der Waals surface area contributed by atoms with Crippen molar-refractivity contribution in [1.82, 2.24) is 19.7 Å². The van der Waals surface area contributed by atoms with Crippen LogP contribution in [0.2, 0.25) is 0 Å². The van der Waals surface area contributed by atoms with Gasteiger partial charge in [0.1, 0.15) is 6.54 Å². The molecule has 0 aliphatic carbocycles. The number of carbonyl (C=O) groups excluding carboxylic acids is 1. The van der Waals surface area contributed by atoms with Gasteiger partial charge in [-0.2, -0.15) is 5.10 Å². The summed E-state index contributed by atoms with van der Waals surface area (Å²) in [6, 6.07) is 11.4. The summed E-state index contributed by atoms with van der Waals surface area (Å²) in [5, 5.41) is 5.72. The summed E-state index contributed by atoms with van der Waals surface area (Å²) in [4.78, 5) is 32.6. The lowest BCUT2D eigenvalue weighted by atomic mass is 10.1. The van der Waals surface area contributed by atoms with Crippen LogP contribution in [0.5, 0.6) is 0 Å². The number of hydrogen-bond donors (Lipinski definition) is 1. The molecule has 7 nitrogen and oxygen atoms in total. The average Bonchev–Trinajstić information content (AvgIpc) is 2.73. The normalized spacial score (nSPS) is 15.1. The highest BCUT2D eigenvalue weighted by molar-refractivity contribution is 5.88. The van der Waals surface area contributed by atoms with E-state index in [1.807, 2.05) is 47.6 Å². The van der Waals surface area contributed by atoms with Crippen molar-refractivity contribution < 1.29 is 9.69 Å². The zero-order chi connectivity index (χ0) is 19.5. The van der Waals surface area contributed by atoms with Gasteiger partial charge in [0.05, 0.1) is 43.7 Å². The molecule has 144 valence electrons. The van der Waals surface area contributed by atoms with Crippen LogP contribution in [0.4, 0.5) is 0 Å². The first-order chi connectivity index (χ1) is 13.6. The van der Waals surface area contributed by atoms with Crippen molar-refractivity contribution in [3.8, 4) is 0 Å². The first-order valence-corrected chi connectivity index (χ1v) is 9.57. The van der Waals surface area contributed by atoms with Crippen molar-refractivity contribution in [2.75, 3.05) is 26.2 Å². The fourth-order valence-electron chi connectivity index (χ4n) is 3.80. The molecule has 1 N–H and O–H groups in total. The molecule has 3 heterocycles. The number of aromatic nitrogens is 3. The van der Waals surface area contributed by atoms with Crippen LogP contribution in [-0.4, -0.2) is 51.8 Å².